The van der Waals surface area contributed by atoms with E-state index in [-0.39, 0.29) is 37.5 Å². The molecule has 0 bridgehead atoms. The molecule has 0 saturated heterocycles. The van der Waals surface area contributed by atoms with Crippen LogP contribution in [0.4, 0.5) is 0 Å². The molecule has 70 heavy (non-hydrogen) atoms. The van der Waals surface area contributed by atoms with E-state index in [4.69, 9.17) is 14.2 Å². The SMILES string of the molecule is CC/C=C\C/C=C\C/C=C\C/C=C\C/C=C\CCCC(=O)OC(COC(=O)CCCCCCCC)COC(=O)CCCCCCCCCCCCCCCCCC/C=C\C/C=C\C/C=C\C/C=C\CC. The third-order valence-electron chi connectivity index (χ3n) is 12.0. The average molecular weight is 972 g/mol. The predicted octanol–water partition coefficient (Wildman–Crippen LogP) is 19.5. The summed E-state index contributed by atoms with van der Waals surface area (Å²) in [4.78, 5) is 37.8. The fraction of sp³-hybridized carbons (Fsp3) is 0.672. The van der Waals surface area contributed by atoms with Crippen molar-refractivity contribution >= 4 is 17.9 Å². The van der Waals surface area contributed by atoms with Gasteiger partial charge < -0.3 is 14.2 Å². The molecule has 398 valence electrons. The molecule has 0 saturated carbocycles. The molecule has 0 spiro atoms. The Hall–Kier alpha value is -3.93. The van der Waals surface area contributed by atoms with Crippen LogP contribution in [0.15, 0.2) is 109 Å². The summed E-state index contributed by atoms with van der Waals surface area (Å²) in [5, 5.41) is 0. The Kier molecular flexibility index (Phi) is 54.4. The first-order valence-electron chi connectivity index (χ1n) is 28.9. The Bertz CT molecular complexity index is 1440. The molecule has 0 aromatic heterocycles. The first kappa shape index (κ1) is 66.1. The Balaban J connectivity index is 4.12. The first-order chi connectivity index (χ1) is 34.5. The minimum atomic E-state index is -0.804. The molecule has 0 aliphatic heterocycles. The lowest BCUT2D eigenvalue weighted by atomic mass is 10.0. The maximum absolute atomic E-state index is 12.8. The van der Waals surface area contributed by atoms with Crippen LogP contribution in [0.5, 0.6) is 0 Å². The summed E-state index contributed by atoms with van der Waals surface area (Å²) in [7, 11) is 0. The van der Waals surface area contributed by atoms with Crippen molar-refractivity contribution in [1.82, 2.24) is 0 Å². The van der Waals surface area contributed by atoms with E-state index in [1.165, 1.54) is 109 Å². The zero-order valence-corrected chi connectivity index (χ0v) is 45.5. The Morgan fingerprint density at radius 1 is 0.300 bits per heavy atom. The number of esters is 3. The van der Waals surface area contributed by atoms with Gasteiger partial charge in [-0.2, -0.15) is 0 Å². The molecule has 0 aromatic rings. The minimum Gasteiger partial charge on any atom is -0.462 e. The van der Waals surface area contributed by atoms with Crippen LogP contribution in [-0.4, -0.2) is 37.2 Å². The van der Waals surface area contributed by atoms with Crippen LogP contribution in [0.25, 0.3) is 0 Å². The molecular formula is C64H106O6. The van der Waals surface area contributed by atoms with Gasteiger partial charge in [-0.05, 0) is 96.3 Å². The lowest BCUT2D eigenvalue weighted by Crippen LogP contribution is -2.30. The fourth-order valence-electron chi connectivity index (χ4n) is 7.76. The van der Waals surface area contributed by atoms with Crippen LogP contribution in [0.3, 0.4) is 0 Å². The Morgan fingerprint density at radius 3 is 0.914 bits per heavy atom. The van der Waals surface area contributed by atoms with Gasteiger partial charge in [-0.3, -0.25) is 14.4 Å². The van der Waals surface area contributed by atoms with Crippen LogP contribution in [0, 0.1) is 0 Å². The Labute approximate surface area is 431 Å². The van der Waals surface area contributed by atoms with Gasteiger partial charge in [-0.1, -0.05) is 252 Å². The van der Waals surface area contributed by atoms with Gasteiger partial charge in [0, 0.05) is 19.3 Å². The van der Waals surface area contributed by atoms with Crippen LogP contribution >= 0.6 is 0 Å². The third kappa shape index (κ3) is 55.0. The molecule has 0 rings (SSSR count). The van der Waals surface area contributed by atoms with Crippen molar-refractivity contribution in [3.05, 3.63) is 109 Å². The maximum Gasteiger partial charge on any atom is 0.306 e. The van der Waals surface area contributed by atoms with Crippen molar-refractivity contribution in [1.29, 1.82) is 0 Å². The van der Waals surface area contributed by atoms with Crippen molar-refractivity contribution < 1.29 is 28.6 Å². The van der Waals surface area contributed by atoms with Crippen molar-refractivity contribution in [3.8, 4) is 0 Å². The second kappa shape index (κ2) is 57.6. The van der Waals surface area contributed by atoms with E-state index in [9.17, 15) is 14.4 Å². The molecule has 0 heterocycles. The molecule has 1 unspecified atom stereocenters. The van der Waals surface area contributed by atoms with Crippen LogP contribution in [-0.2, 0) is 28.6 Å². The molecule has 6 nitrogen and oxygen atoms in total. The summed E-state index contributed by atoms with van der Waals surface area (Å²) in [5.74, 6) is -0.968. The molecular weight excluding hydrogens is 865 g/mol. The standard InChI is InChI=1S/C64H106O6/c1-4-7-10-13-16-18-20-22-24-26-27-28-29-30-31-32-33-34-35-36-37-39-40-42-44-46-48-51-54-57-63(66)69-60-61(59-68-62(65)56-53-50-15-12-9-6-3)70-64(67)58-55-52-49-47-45-43-41-38-25-23-21-19-17-14-11-8-5-2/h7-8,10-11,16-19,22-25,27-28,41,43,47,49,61H,4-6,9,12-15,20-21,26,29-40,42,44-46,48,50-60H2,1-3H3/b10-7-,11-8-,18-16-,19-17-,24-22-,25-23-,28-27-,43-41-,49-47-. The summed E-state index contributed by atoms with van der Waals surface area (Å²) in [6.45, 7) is 6.31. The summed E-state index contributed by atoms with van der Waals surface area (Å²) >= 11 is 0. The molecule has 0 N–H and O–H groups in total. The highest BCUT2D eigenvalue weighted by Gasteiger charge is 2.19. The van der Waals surface area contributed by atoms with Gasteiger partial charge in [0.15, 0.2) is 6.10 Å². The zero-order chi connectivity index (χ0) is 50.7. The number of rotatable bonds is 51. The lowest BCUT2D eigenvalue weighted by molar-refractivity contribution is -0.167. The highest BCUT2D eigenvalue weighted by molar-refractivity contribution is 5.71. The van der Waals surface area contributed by atoms with Crippen molar-refractivity contribution in [3.63, 3.8) is 0 Å². The van der Waals surface area contributed by atoms with Gasteiger partial charge in [0.1, 0.15) is 13.2 Å². The summed E-state index contributed by atoms with van der Waals surface area (Å²) in [5.41, 5.74) is 0. The molecule has 0 fully saturated rings. The van der Waals surface area contributed by atoms with E-state index in [0.717, 1.165) is 103 Å². The second-order valence-corrected chi connectivity index (χ2v) is 18.8. The average Bonchev–Trinajstić information content (AvgIpc) is 3.36. The zero-order valence-electron chi connectivity index (χ0n) is 45.5. The van der Waals surface area contributed by atoms with E-state index >= 15 is 0 Å². The molecule has 0 aliphatic rings. The van der Waals surface area contributed by atoms with Gasteiger partial charge in [-0.15, -0.1) is 0 Å². The van der Waals surface area contributed by atoms with E-state index in [2.05, 4.69) is 130 Å². The maximum atomic E-state index is 12.8. The van der Waals surface area contributed by atoms with E-state index in [0.29, 0.717) is 19.3 Å². The third-order valence-corrected chi connectivity index (χ3v) is 12.0. The lowest BCUT2D eigenvalue weighted by Gasteiger charge is -2.18. The van der Waals surface area contributed by atoms with Crippen LogP contribution in [0.1, 0.15) is 258 Å². The van der Waals surface area contributed by atoms with Crippen LogP contribution in [0.2, 0.25) is 0 Å². The molecule has 6 heteroatoms. The number of carbonyl (C=O) groups is 3. The fourth-order valence-corrected chi connectivity index (χ4v) is 7.76. The predicted molar refractivity (Wildman–Crippen MR) is 302 cm³/mol. The highest BCUT2D eigenvalue weighted by atomic mass is 16.6. The minimum absolute atomic E-state index is 0.0998. The van der Waals surface area contributed by atoms with Crippen molar-refractivity contribution in [2.75, 3.05) is 13.2 Å². The quantitative estimate of drug-likeness (QED) is 0.0262. The number of hydrogen-bond donors (Lipinski definition) is 0. The smallest absolute Gasteiger partial charge is 0.306 e. The second-order valence-electron chi connectivity index (χ2n) is 18.8. The summed E-state index contributed by atoms with van der Waals surface area (Å²) in [6.07, 6.45) is 78.5. The number of hydrogen-bond acceptors (Lipinski definition) is 6. The van der Waals surface area contributed by atoms with Crippen molar-refractivity contribution in [2.24, 2.45) is 0 Å². The molecule has 1 atom stereocenters. The van der Waals surface area contributed by atoms with Crippen LogP contribution < -0.4 is 0 Å². The monoisotopic (exact) mass is 971 g/mol. The van der Waals surface area contributed by atoms with E-state index in [1.54, 1.807) is 0 Å². The van der Waals surface area contributed by atoms with Crippen molar-refractivity contribution in [2.45, 2.75) is 264 Å². The van der Waals surface area contributed by atoms with Gasteiger partial charge in [0.05, 0.1) is 0 Å². The molecule has 0 radical (unpaired) electrons. The number of carbonyl (C=O) groups excluding carboxylic acids is 3. The number of allylic oxidation sites excluding steroid dienone is 18. The van der Waals surface area contributed by atoms with E-state index in [1.807, 2.05) is 0 Å². The topological polar surface area (TPSA) is 78.9 Å². The van der Waals surface area contributed by atoms with E-state index < -0.39 is 6.10 Å². The first-order valence-corrected chi connectivity index (χ1v) is 28.9. The largest absolute Gasteiger partial charge is 0.462 e. The highest BCUT2D eigenvalue weighted by Crippen LogP contribution is 2.16. The molecule has 0 amide bonds. The molecule has 0 aromatic carbocycles. The van der Waals surface area contributed by atoms with Gasteiger partial charge in [-0.25, -0.2) is 0 Å². The molecule has 0 aliphatic carbocycles. The number of unbranched alkanes of at least 4 members (excludes halogenated alkanes) is 22. The Morgan fingerprint density at radius 2 is 0.571 bits per heavy atom. The normalized spacial score (nSPS) is 12.9. The van der Waals surface area contributed by atoms with Gasteiger partial charge >= 0.3 is 17.9 Å². The van der Waals surface area contributed by atoms with Gasteiger partial charge in [0.25, 0.3) is 0 Å². The number of ether oxygens (including phenoxy) is 3. The summed E-state index contributed by atoms with van der Waals surface area (Å²) in [6, 6.07) is 0. The van der Waals surface area contributed by atoms with Gasteiger partial charge in [0.2, 0.25) is 0 Å². The summed E-state index contributed by atoms with van der Waals surface area (Å²) < 4.78 is 16.7.